The molecule has 2 aromatic rings. The second-order valence-corrected chi connectivity index (χ2v) is 8.45. The standard InChI is InChI=1S/C20H18BrN3O2S/c21-14-3-6-16-17(9-14)18(20(26)23-19(16)25)10-22-15-4-1-13(2-5-15)11-24-7-8-27-12-24/h1-6,9-10,22H,7-8,11-12H2,(H,23,25,26)/b18-10-. The minimum Gasteiger partial charge on any atom is -0.361 e. The molecule has 4 rings (SSSR count). The number of halogens is 1. The zero-order valence-electron chi connectivity index (χ0n) is 14.5. The highest BCUT2D eigenvalue weighted by atomic mass is 79.9. The molecule has 0 radical (unpaired) electrons. The number of thioether (sulfide) groups is 1. The van der Waals surface area contributed by atoms with Gasteiger partial charge in [-0.3, -0.25) is 19.8 Å². The van der Waals surface area contributed by atoms with Crippen LogP contribution in [0, 0.1) is 0 Å². The van der Waals surface area contributed by atoms with Crippen LogP contribution in [-0.4, -0.2) is 34.9 Å². The molecule has 7 heteroatoms. The SMILES string of the molecule is O=C1NC(=O)c2ccc(Br)cc2/C1=C/Nc1ccc(CN2CCSC2)cc1. The molecule has 2 amide bonds. The Morgan fingerprint density at radius 3 is 2.67 bits per heavy atom. The van der Waals surface area contributed by atoms with E-state index in [2.05, 4.69) is 43.6 Å². The van der Waals surface area contributed by atoms with Gasteiger partial charge in [-0.15, -0.1) is 11.8 Å². The van der Waals surface area contributed by atoms with Crippen molar-refractivity contribution in [1.82, 2.24) is 10.2 Å². The lowest BCUT2D eigenvalue weighted by Crippen LogP contribution is -2.36. The lowest BCUT2D eigenvalue weighted by molar-refractivity contribution is -0.114. The molecule has 1 fully saturated rings. The van der Waals surface area contributed by atoms with Crippen LogP contribution in [0.1, 0.15) is 21.5 Å². The van der Waals surface area contributed by atoms with E-state index in [0.717, 1.165) is 29.1 Å². The molecular formula is C20H18BrN3O2S. The molecule has 5 nitrogen and oxygen atoms in total. The number of amides is 2. The van der Waals surface area contributed by atoms with Gasteiger partial charge in [-0.05, 0) is 35.9 Å². The van der Waals surface area contributed by atoms with Gasteiger partial charge in [0, 0.05) is 52.2 Å². The van der Waals surface area contributed by atoms with Crippen molar-refractivity contribution in [3.8, 4) is 0 Å². The van der Waals surface area contributed by atoms with Gasteiger partial charge in [-0.25, -0.2) is 0 Å². The van der Waals surface area contributed by atoms with Crippen molar-refractivity contribution < 1.29 is 9.59 Å². The van der Waals surface area contributed by atoms with E-state index in [9.17, 15) is 9.59 Å². The maximum atomic E-state index is 12.3. The summed E-state index contributed by atoms with van der Waals surface area (Å²) in [5, 5.41) is 5.56. The van der Waals surface area contributed by atoms with Crippen LogP contribution >= 0.6 is 27.7 Å². The minimum atomic E-state index is -0.402. The Bertz CT molecular complexity index is 921. The van der Waals surface area contributed by atoms with Gasteiger partial charge in [0.1, 0.15) is 0 Å². The van der Waals surface area contributed by atoms with Gasteiger partial charge >= 0.3 is 0 Å². The quantitative estimate of drug-likeness (QED) is 0.557. The summed E-state index contributed by atoms with van der Waals surface area (Å²) in [5.41, 5.74) is 3.71. The molecule has 0 unspecified atom stereocenters. The number of anilines is 1. The summed E-state index contributed by atoms with van der Waals surface area (Å²) in [5.74, 6) is 1.52. The Morgan fingerprint density at radius 2 is 1.93 bits per heavy atom. The van der Waals surface area contributed by atoms with Gasteiger partial charge in [-0.1, -0.05) is 28.1 Å². The van der Waals surface area contributed by atoms with Crippen molar-refractivity contribution in [2.24, 2.45) is 0 Å². The van der Waals surface area contributed by atoms with Crippen LogP contribution in [0.25, 0.3) is 5.57 Å². The molecule has 0 saturated carbocycles. The van der Waals surface area contributed by atoms with Gasteiger partial charge in [0.25, 0.3) is 11.8 Å². The van der Waals surface area contributed by atoms with Crippen molar-refractivity contribution in [2.75, 3.05) is 23.5 Å². The number of hydrogen-bond donors (Lipinski definition) is 2. The van der Waals surface area contributed by atoms with E-state index in [1.165, 1.54) is 11.3 Å². The average Bonchev–Trinajstić information content (AvgIpc) is 3.15. The molecule has 0 atom stereocenters. The summed E-state index contributed by atoms with van der Waals surface area (Å²) in [6, 6.07) is 13.5. The van der Waals surface area contributed by atoms with E-state index < -0.39 is 5.91 Å². The third-order valence-electron chi connectivity index (χ3n) is 4.56. The molecule has 0 bridgehead atoms. The van der Waals surface area contributed by atoms with E-state index in [0.29, 0.717) is 16.7 Å². The van der Waals surface area contributed by atoms with Crippen LogP contribution in [0.5, 0.6) is 0 Å². The fraction of sp³-hybridized carbons (Fsp3) is 0.200. The summed E-state index contributed by atoms with van der Waals surface area (Å²) >= 11 is 5.37. The Labute approximate surface area is 170 Å². The number of nitrogens with zero attached hydrogens (tertiary/aromatic N) is 1. The maximum Gasteiger partial charge on any atom is 0.260 e. The maximum absolute atomic E-state index is 12.3. The molecule has 1 saturated heterocycles. The van der Waals surface area contributed by atoms with Gasteiger partial charge in [0.15, 0.2) is 0 Å². The number of carbonyl (C=O) groups excluding carboxylic acids is 2. The first-order chi connectivity index (χ1) is 13.1. The van der Waals surface area contributed by atoms with Crippen molar-refractivity contribution in [3.63, 3.8) is 0 Å². The number of benzene rings is 2. The molecular weight excluding hydrogens is 426 g/mol. The molecule has 27 heavy (non-hydrogen) atoms. The van der Waals surface area contributed by atoms with Crippen LogP contribution in [0.3, 0.4) is 0 Å². The predicted octanol–water partition coefficient (Wildman–Crippen LogP) is 3.68. The molecule has 2 aliphatic rings. The number of hydrogen-bond acceptors (Lipinski definition) is 5. The van der Waals surface area contributed by atoms with Crippen LogP contribution in [0.4, 0.5) is 5.69 Å². The van der Waals surface area contributed by atoms with Crippen LogP contribution in [0.15, 0.2) is 53.1 Å². The first kappa shape index (κ1) is 18.3. The fourth-order valence-electron chi connectivity index (χ4n) is 3.14. The van der Waals surface area contributed by atoms with Crippen molar-refractivity contribution in [1.29, 1.82) is 0 Å². The summed E-state index contributed by atoms with van der Waals surface area (Å²) in [6.07, 6.45) is 1.65. The smallest absolute Gasteiger partial charge is 0.260 e. The highest BCUT2D eigenvalue weighted by Gasteiger charge is 2.27. The van der Waals surface area contributed by atoms with E-state index in [-0.39, 0.29) is 5.91 Å². The summed E-state index contributed by atoms with van der Waals surface area (Å²) in [7, 11) is 0. The third-order valence-corrected chi connectivity index (χ3v) is 6.07. The highest BCUT2D eigenvalue weighted by molar-refractivity contribution is 9.10. The molecule has 0 spiro atoms. The zero-order valence-corrected chi connectivity index (χ0v) is 16.9. The molecule has 2 aromatic carbocycles. The number of fused-ring (bicyclic) bond motifs is 1. The van der Waals surface area contributed by atoms with Crippen molar-refractivity contribution in [3.05, 3.63) is 69.8 Å². The normalized spacial score (nSPS) is 18.5. The van der Waals surface area contributed by atoms with Crippen molar-refractivity contribution >= 4 is 50.8 Å². The predicted molar refractivity (Wildman–Crippen MR) is 112 cm³/mol. The third kappa shape index (κ3) is 4.10. The fourth-order valence-corrected chi connectivity index (χ4v) is 4.49. The van der Waals surface area contributed by atoms with Gasteiger partial charge in [-0.2, -0.15) is 0 Å². The largest absolute Gasteiger partial charge is 0.361 e. The molecule has 2 heterocycles. The van der Waals surface area contributed by atoms with Crippen molar-refractivity contribution in [2.45, 2.75) is 6.54 Å². The second kappa shape index (κ2) is 7.88. The lowest BCUT2D eigenvalue weighted by Gasteiger charge is -2.18. The average molecular weight is 444 g/mol. The zero-order chi connectivity index (χ0) is 18.8. The highest BCUT2D eigenvalue weighted by Crippen LogP contribution is 2.27. The Morgan fingerprint density at radius 1 is 1.11 bits per heavy atom. The van der Waals surface area contributed by atoms with E-state index in [1.54, 1.807) is 24.4 Å². The molecule has 0 aliphatic carbocycles. The minimum absolute atomic E-state index is 0.371. The Hall–Kier alpha value is -2.09. The van der Waals surface area contributed by atoms with Crippen LogP contribution < -0.4 is 10.6 Å². The van der Waals surface area contributed by atoms with Gasteiger partial charge in [0.05, 0.1) is 5.57 Å². The molecule has 138 valence electrons. The lowest BCUT2D eigenvalue weighted by atomic mass is 9.95. The molecule has 2 N–H and O–H groups in total. The Balaban J connectivity index is 1.52. The van der Waals surface area contributed by atoms with Gasteiger partial charge in [0.2, 0.25) is 0 Å². The first-order valence-corrected chi connectivity index (χ1v) is 10.6. The number of rotatable bonds is 4. The van der Waals surface area contributed by atoms with E-state index in [4.69, 9.17) is 0 Å². The molecule has 0 aromatic heterocycles. The van der Waals surface area contributed by atoms with Crippen LogP contribution in [0.2, 0.25) is 0 Å². The number of nitrogens with one attached hydrogen (secondary N) is 2. The number of carbonyl (C=O) groups is 2. The topological polar surface area (TPSA) is 61.4 Å². The van der Waals surface area contributed by atoms with Crippen LogP contribution in [-0.2, 0) is 11.3 Å². The molecule has 2 aliphatic heterocycles. The van der Waals surface area contributed by atoms with E-state index >= 15 is 0 Å². The number of imide groups is 1. The van der Waals surface area contributed by atoms with E-state index in [1.807, 2.05) is 23.9 Å². The monoisotopic (exact) mass is 443 g/mol. The first-order valence-electron chi connectivity index (χ1n) is 8.61. The Kier molecular flexibility index (Phi) is 5.33. The summed E-state index contributed by atoms with van der Waals surface area (Å²) in [4.78, 5) is 26.7. The van der Waals surface area contributed by atoms with Gasteiger partial charge < -0.3 is 5.32 Å². The summed E-state index contributed by atoms with van der Waals surface area (Å²) in [6.45, 7) is 2.10. The summed E-state index contributed by atoms with van der Waals surface area (Å²) < 4.78 is 0.819. The second-order valence-electron chi connectivity index (χ2n) is 6.46.